The number of rotatable bonds is 4. The van der Waals surface area contributed by atoms with Gasteiger partial charge in [-0.25, -0.2) is 0 Å². The Hall–Kier alpha value is 0.420. The Balaban J connectivity index is 1.84. The lowest BCUT2D eigenvalue weighted by molar-refractivity contribution is -0.0938. The van der Waals surface area contributed by atoms with Gasteiger partial charge in [0.05, 0.1) is 5.60 Å². The number of thioether (sulfide) groups is 1. The van der Waals surface area contributed by atoms with Crippen molar-refractivity contribution in [2.45, 2.75) is 50.3 Å². The van der Waals surface area contributed by atoms with Crippen molar-refractivity contribution in [3.8, 4) is 0 Å². The van der Waals surface area contributed by atoms with Gasteiger partial charge in [0.15, 0.2) is 0 Å². The van der Waals surface area contributed by atoms with Crippen molar-refractivity contribution in [3.05, 3.63) is 0 Å². The van der Waals surface area contributed by atoms with E-state index in [0.29, 0.717) is 12.1 Å². The summed E-state index contributed by atoms with van der Waals surface area (Å²) >= 11 is 2.05. The molecule has 5 heteroatoms. The third-order valence-corrected chi connectivity index (χ3v) is 5.86. The molecule has 2 saturated heterocycles. The average molecular weight is 291 g/mol. The summed E-state index contributed by atoms with van der Waals surface area (Å²) in [6, 6.07) is 0.884. The molecule has 3 atom stereocenters. The normalized spacial score (nSPS) is 31.1. The van der Waals surface area contributed by atoms with Crippen LogP contribution in [0.2, 0.25) is 0 Å². The third-order valence-electron chi connectivity index (χ3n) is 3.90. The van der Waals surface area contributed by atoms with Gasteiger partial charge in [-0.1, -0.05) is 0 Å². The van der Waals surface area contributed by atoms with Crippen LogP contribution in [0.3, 0.4) is 0 Å². The molecule has 2 aliphatic heterocycles. The predicted molar refractivity (Wildman–Crippen MR) is 79.8 cm³/mol. The molecular weight excluding hydrogens is 266 g/mol. The molecule has 2 heterocycles. The summed E-state index contributed by atoms with van der Waals surface area (Å²) in [5, 5.41) is 3.64. The molecule has 3 unspecified atom stereocenters. The quantitative estimate of drug-likeness (QED) is 0.857. The molecule has 0 aromatic heterocycles. The maximum atomic E-state index is 11.2. The summed E-state index contributed by atoms with van der Waals surface area (Å²) in [7, 11) is -0.710. The molecule has 0 aromatic rings. The molecule has 0 saturated carbocycles. The van der Waals surface area contributed by atoms with Gasteiger partial charge < -0.3 is 10.1 Å². The van der Waals surface area contributed by atoms with E-state index in [-0.39, 0.29) is 5.60 Å². The first kappa shape index (κ1) is 14.8. The van der Waals surface area contributed by atoms with Crippen LogP contribution in [0.5, 0.6) is 0 Å². The van der Waals surface area contributed by atoms with Gasteiger partial charge in [-0.3, -0.25) is 4.21 Å². The van der Waals surface area contributed by atoms with Crippen molar-refractivity contribution in [3.63, 3.8) is 0 Å². The van der Waals surface area contributed by atoms with Crippen LogP contribution in [0.4, 0.5) is 0 Å². The van der Waals surface area contributed by atoms with Crippen molar-refractivity contribution >= 4 is 22.6 Å². The monoisotopic (exact) mass is 291 g/mol. The Labute approximate surface area is 117 Å². The number of hydrogen-bond donors (Lipinski definition) is 1. The standard InChI is InChI=1S/C13H25NO2S2/c1-11(10-18(2)15)14-12-3-6-16-13(9-12)4-7-17-8-5-13/h11-12,14H,3-10H2,1-2H3. The molecule has 2 rings (SSSR count). The number of hydrogen-bond acceptors (Lipinski definition) is 4. The van der Waals surface area contributed by atoms with Gasteiger partial charge in [-0.2, -0.15) is 11.8 Å². The minimum atomic E-state index is -0.710. The zero-order chi connectivity index (χ0) is 13.0. The van der Waals surface area contributed by atoms with Gasteiger partial charge in [0.1, 0.15) is 0 Å². The van der Waals surface area contributed by atoms with Gasteiger partial charge >= 0.3 is 0 Å². The van der Waals surface area contributed by atoms with Crippen LogP contribution < -0.4 is 5.32 Å². The second-order valence-electron chi connectivity index (χ2n) is 5.64. The topological polar surface area (TPSA) is 38.3 Å². The highest BCUT2D eigenvalue weighted by Crippen LogP contribution is 2.37. The second-order valence-corrected chi connectivity index (χ2v) is 8.35. The van der Waals surface area contributed by atoms with Gasteiger partial charge in [0, 0.05) is 41.5 Å². The third kappa shape index (κ3) is 4.22. The van der Waals surface area contributed by atoms with Crippen LogP contribution in [-0.4, -0.2) is 52.0 Å². The minimum absolute atomic E-state index is 0.145. The Morgan fingerprint density at radius 3 is 2.89 bits per heavy atom. The fraction of sp³-hybridized carbons (Fsp3) is 1.00. The smallest absolute Gasteiger partial charge is 0.0713 e. The van der Waals surface area contributed by atoms with E-state index in [0.717, 1.165) is 25.2 Å². The van der Waals surface area contributed by atoms with Crippen LogP contribution in [0.25, 0.3) is 0 Å². The van der Waals surface area contributed by atoms with Crippen LogP contribution in [0.1, 0.15) is 32.6 Å². The molecule has 0 aliphatic carbocycles. The van der Waals surface area contributed by atoms with Crippen LogP contribution in [0, 0.1) is 0 Å². The maximum absolute atomic E-state index is 11.2. The van der Waals surface area contributed by atoms with E-state index in [4.69, 9.17) is 4.74 Å². The lowest BCUT2D eigenvalue weighted by atomic mass is 9.85. The average Bonchev–Trinajstić information content (AvgIpc) is 2.28. The van der Waals surface area contributed by atoms with Crippen LogP contribution >= 0.6 is 11.8 Å². The Bertz CT molecular complexity index is 287. The van der Waals surface area contributed by atoms with Crippen molar-refractivity contribution in [1.29, 1.82) is 0 Å². The van der Waals surface area contributed by atoms with Crippen molar-refractivity contribution in [2.24, 2.45) is 0 Å². The molecule has 106 valence electrons. The van der Waals surface area contributed by atoms with Crippen molar-refractivity contribution in [2.75, 3.05) is 30.1 Å². The highest BCUT2D eigenvalue weighted by atomic mass is 32.2. The van der Waals surface area contributed by atoms with Crippen LogP contribution in [-0.2, 0) is 15.5 Å². The highest BCUT2D eigenvalue weighted by molar-refractivity contribution is 7.99. The van der Waals surface area contributed by atoms with E-state index in [1.807, 2.05) is 11.8 Å². The first-order valence-electron chi connectivity index (χ1n) is 6.87. The first-order chi connectivity index (χ1) is 8.60. The fourth-order valence-electron chi connectivity index (χ4n) is 3.06. The summed E-state index contributed by atoms with van der Waals surface area (Å²) in [5.74, 6) is 3.22. The Morgan fingerprint density at radius 1 is 1.50 bits per heavy atom. The summed E-state index contributed by atoms with van der Waals surface area (Å²) in [5.41, 5.74) is 0.145. The lowest BCUT2D eigenvalue weighted by Gasteiger charge is -2.44. The summed E-state index contributed by atoms with van der Waals surface area (Å²) in [6.45, 7) is 3.02. The summed E-state index contributed by atoms with van der Waals surface area (Å²) < 4.78 is 17.3. The first-order valence-corrected chi connectivity index (χ1v) is 9.76. The largest absolute Gasteiger partial charge is 0.375 e. The molecule has 0 aromatic carbocycles. The molecule has 0 bridgehead atoms. The van der Waals surface area contributed by atoms with E-state index in [1.165, 1.54) is 24.3 Å². The zero-order valence-corrected chi connectivity index (χ0v) is 13.1. The van der Waals surface area contributed by atoms with Gasteiger partial charge in [-0.15, -0.1) is 0 Å². The molecule has 0 radical (unpaired) electrons. The SMILES string of the molecule is CC(CS(C)=O)NC1CCOC2(CCSCC2)C1. The van der Waals surface area contributed by atoms with E-state index in [2.05, 4.69) is 12.2 Å². The second kappa shape index (κ2) is 6.73. The molecule has 1 N–H and O–H groups in total. The highest BCUT2D eigenvalue weighted by Gasteiger charge is 2.38. The summed E-state index contributed by atoms with van der Waals surface area (Å²) in [6.07, 6.45) is 6.40. The minimum Gasteiger partial charge on any atom is -0.375 e. The van der Waals surface area contributed by atoms with E-state index < -0.39 is 10.8 Å². The van der Waals surface area contributed by atoms with E-state index >= 15 is 0 Å². The van der Waals surface area contributed by atoms with Crippen molar-refractivity contribution in [1.82, 2.24) is 5.32 Å². The van der Waals surface area contributed by atoms with Crippen LogP contribution in [0.15, 0.2) is 0 Å². The zero-order valence-electron chi connectivity index (χ0n) is 11.4. The molecule has 0 amide bonds. The van der Waals surface area contributed by atoms with Gasteiger partial charge in [0.25, 0.3) is 0 Å². The lowest BCUT2D eigenvalue weighted by Crippen LogP contribution is -2.51. The predicted octanol–water partition coefficient (Wildman–Crippen LogP) is 1.79. The Kier molecular flexibility index (Phi) is 5.54. The molecular formula is C13H25NO2S2. The van der Waals surface area contributed by atoms with E-state index in [1.54, 1.807) is 6.26 Å². The molecule has 2 fully saturated rings. The fourth-order valence-corrected chi connectivity index (χ4v) is 5.10. The number of nitrogens with one attached hydrogen (secondary N) is 1. The molecule has 1 spiro atoms. The molecule has 2 aliphatic rings. The summed E-state index contributed by atoms with van der Waals surface area (Å²) in [4.78, 5) is 0. The van der Waals surface area contributed by atoms with Crippen molar-refractivity contribution < 1.29 is 8.95 Å². The van der Waals surface area contributed by atoms with Gasteiger partial charge in [-0.05, 0) is 44.1 Å². The number of ether oxygens (including phenoxy) is 1. The van der Waals surface area contributed by atoms with Gasteiger partial charge in [0.2, 0.25) is 0 Å². The molecule has 18 heavy (non-hydrogen) atoms. The maximum Gasteiger partial charge on any atom is 0.0713 e. The molecule has 3 nitrogen and oxygen atoms in total. The van der Waals surface area contributed by atoms with E-state index in [9.17, 15) is 4.21 Å². The Morgan fingerprint density at radius 2 is 2.22 bits per heavy atom.